The molecule has 21 heavy (non-hydrogen) atoms. The van der Waals surface area contributed by atoms with Crippen molar-refractivity contribution in [2.24, 2.45) is 10.7 Å². The zero-order valence-corrected chi connectivity index (χ0v) is 14.6. The minimum atomic E-state index is -0.259. The second kappa shape index (κ2) is 7.11. The lowest BCUT2D eigenvalue weighted by Gasteiger charge is -2.27. The summed E-state index contributed by atoms with van der Waals surface area (Å²) in [5.41, 5.74) is 6.57. The summed E-state index contributed by atoms with van der Waals surface area (Å²) in [4.78, 5) is 6.49. The first kappa shape index (κ1) is 16.8. The SMILES string of the molecule is I.NC(=N[C@@H]1C[C@H]1c1c(F)cccc1Cl)N1CCOCC1. The Bertz CT molecular complexity index is 517. The van der Waals surface area contributed by atoms with Gasteiger partial charge in [0.05, 0.1) is 19.3 Å². The number of halogens is 3. The first-order valence-electron chi connectivity index (χ1n) is 6.76. The van der Waals surface area contributed by atoms with Gasteiger partial charge in [0, 0.05) is 29.6 Å². The van der Waals surface area contributed by atoms with Crippen LogP contribution in [0.2, 0.25) is 5.02 Å². The Morgan fingerprint density at radius 2 is 2.10 bits per heavy atom. The molecule has 2 atom stereocenters. The predicted octanol–water partition coefficient (Wildman–Crippen LogP) is 2.60. The second-order valence-electron chi connectivity index (χ2n) is 5.13. The van der Waals surface area contributed by atoms with E-state index in [1.54, 1.807) is 12.1 Å². The number of hydrogen-bond acceptors (Lipinski definition) is 2. The largest absolute Gasteiger partial charge is 0.378 e. The molecule has 2 N–H and O–H groups in total. The highest BCUT2D eigenvalue weighted by Gasteiger charge is 2.41. The molecule has 0 spiro atoms. The maximum atomic E-state index is 13.8. The molecule has 7 heteroatoms. The lowest BCUT2D eigenvalue weighted by Crippen LogP contribution is -2.45. The Hall–Kier alpha value is -0.600. The highest BCUT2D eigenvalue weighted by Crippen LogP contribution is 2.47. The van der Waals surface area contributed by atoms with E-state index in [9.17, 15) is 4.39 Å². The molecular weight excluding hydrogens is 408 g/mol. The highest BCUT2D eigenvalue weighted by molar-refractivity contribution is 14.0. The number of guanidine groups is 1. The van der Waals surface area contributed by atoms with E-state index >= 15 is 0 Å². The van der Waals surface area contributed by atoms with Crippen LogP contribution in [0.15, 0.2) is 23.2 Å². The summed E-state index contributed by atoms with van der Waals surface area (Å²) in [5.74, 6) is 0.307. The van der Waals surface area contributed by atoms with Crippen LogP contribution in [-0.4, -0.2) is 43.2 Å². The zero-order chi connectivity index (χ0) is 14.1. The van der Waals surface area contributed by atoms with Gasteiger partial charge < -0.3 is 15.4 Å². The standard InChI is InChI=1S/C14H17ClFN3O.HI/c15-10-2-1-3-11(16)13(10)9-8-12(9)18-14(17)19-4-6-20-7-5-19;/h1-3,9,12H,4-8H2,(H2,17,18);1H/t9-,12-;/m1./s1. The van der Waals surface area contributed by atoms with Crippen LogP contribution in [0.4, 0.5) is 4.39 Å². The number of rotatable bonds is 2. The van der Waals surface area contributed by atoms with Gasteiger partial charge in [-0.2, -0.15) is 0 Å². The van der Waals surface area contributed by atoms with E-state index in [2.05, 4.69) is 4.99 Å². The van der Waals surface area contributed by atoms with E-state index in [-0.39, 0.29) is 41.8 Å². The Balaban J connectivity index is 0.00000161. The van der Waals surface area contributed by atoms with Crippen molar-refractivity contribution in [2.45, 2.75) is 18.4 Å². The van der Waals surface area contributed by atoms with Crippen molar-refractivity contribution in [3.63, 3.8) is 0 Å². The molecule has 116 valence electrons. The van der Waals surface area contributed by atoms with Crippen molar-refractivity contribution < 1.29 is 9.13 Å². The van der Waals surface area contributed by atoms with Crippen molar-refractivity contribution in [1.82, 2.24) is 4.90 Å². The molecule has 4 nitrogen and oxygen atoms in total. The third kappa shape index (κ3) is 3.78. The van der Waals surface area contributed by atoms with Crippen LogP contribution in [-0.2, 0) is 4.74 Å². The first-order valence-corrected chi connectivity index (χ1v) is 7.14. The summed E-state index contributed by atoms with van der Waals surface area (Å²) in [6.07, 6.45) is 0.797. The van der Waals surface area contributed by atoms with Crippen molar-refractivity contribution in [3.8, 4) is 0 Å². The molecule has 1 aliphatic carbocycles. The Kier molecular flexibility index (Phi) is 5.67. The van der Waals surface area contributed by atoms with Gasteiger partial charge in [-0.25, -0.2) is 9.38 Å². The summed E-state index contributed by atoms with van der Waals surface area (Å²) in [7, 11) is 0. The van der Waals surface area contributed by atoms with Gasteiger partial charge in [0.2, 0.25) is 0 Å². The van der Waals surface area contributed by atoms with Crippen LogP contribution in [0, 0.1) is 5.82 Å². The summed E-state index contributed by atoms with van der Waals surface area (Å²) in [5, 5.41) is 0.470. The fourth-order valence-corrected chi connectivity index (χ4v) is 2.85. The lowest BCUT2D eigenvalue weighted by molar-refractivity contribution is 0.0674. The molecule has 1 aliphatic heterocycles. The molecule has 0 amide bonds. The molecule has 0 unspecified atom stereocenters. The van der Waals surface area contributed by atoms with Crippen molar-refractivity contribution >= 4 is 41.5 Å². The predicted molar refractivity (Wildman–Crippen MR) is 92.0 cm³/mol. The quantitative estimate of drug-likeness (QED) is 0.450. The summed E-state index contributed by atoms with van der Waals surface area (Å²) >= 11 is 6.07. The van der Waals surface area contributed by atoms with Crippen molar-refractivity contribution in [1.29, 1.82) is 0 Å². The molecule has 3 rings (SSSR count). The average Bonchev–Trinajstić information content (AvgIpc) is 3.18. The molecule has 2 fully saturated rings. The molecular formula is C14H18ClFIN3O. The Morgan fingerprint density at radius 3 is 2.76 bits per heavy atom. The molecule has 1 saturated heterocycles. The molecule has 0 radical (unpaired) electrons. The number of benzene rings is 1. The van der Waals surface area contributed by atoms with Gasteiger partial charge in [-0.1, -0.05) is 17.7 Å². The number of morpholine rings is 1. The van der Waals surface area contributed by atoms with E-state index < -0.39 is 0 Å². The molecule has 0 bridgehead atoms. The van der Waals surface area contributed by atoms with E-state index in [1.807, 2.05) is 4.90 Å². The fourth-order valence-electron chi connectivity index (χ4n) is 2.54. The number of nitrogens with two attached hydrogens (primary N) is 1. The van der Waals surface area contributed by atoms with E-state index in [0.29, 0.717) is 29.8 Å². The minimum absolute atomic E-state index is 0. The van der Waals surface area contributed by atoms with Gasteiger partial charge in [-0.05, 0) is 18.6 Å². The molecule has 2 aliphatic rings. The van der Waals surface area contributed by atoms with Crippen molar-refractivity contribution in [3.05, 3.63) is 34.6 Å². The van der Waals surface area contributed by atoms with E-state index in [1.165, 1.54) is 6.07 Å². The van der Waals surface area contributed by atoms with Gasteiger partial charge in [0.15, 0.2) is 5.96 Å². The number of ether oxygens (including phenoxy) is 1. The summed E-state index contributed by atoms with van der Waals surface area (Å²) < 4.78 is 19.1. The van der Waals surface area contributed by atoms with Gasteiger partial charge in [0.1, 0.15) is 5.82 Å². The molecule has 1 aromatic carbocycles. The van der Waals surface area contributed by atoms with Crippen LogP contribution >= 0.6 is 35.6 Å². The smallest absolute Gasteiger partial charge is 0.191 e. The Labute approximate surface area is 145 Å². The first-order chi connectivity index (χ1) is 9.66. The number of aliphatic imine (C=N–C) groups is 1. The number of hydrogen-bond donors (Lipinski definition) is 1. The fraction of sp³-hybridized carbons (Fsp3) is 0.500. The average molecular weight is 426 g/mol. The van der Waals surface area contributed by atoms with Gasteiger partial charge in [-0.3, -0.25) is 0 Å². The van der Waals surface area contributed by atoms with Crippen LogP contribution in [0.3, 0.4) is 0 Å². The lowest BCUT2D eigenvalue weighted by atomic mass is 10.1. The maximum absolute atomic E-state index is 13.8. The third-order valence-electron chi connectivity index (χ3n) is 3.76. The van der Waals surface area contributed by atoms with Crippen LogP contribution < -0.4 is 5.73 Å². The third-order valence-corrected chi connectivity index (χ3v) is 4.09. The van der Waals surface area contributed by atoms with Crippen LogP contribution in [0.5, 0.6) is 0 Å². The molecule has 1 saturated carbocycles. The Morgan fingerprint density at radius 1 is 1.38 bits per heavy atom. The van der Waals surface area contributed by atoms with Gasteiger partial charge >= 0.3 is 0 Å². The van der Waals surface area contributed by atoms with Crippen LogP contribution in [0.1, 0.15) is 17.9 Å². The van der Waals surface area contributed by atoms with E-state index in [4.69, 9.17) is 22.1 Å². The zero-order valence-electron chi connectivity index (χ0n) is 11.5. The minimum Gasteiger partial charge on any atom is -0.378 e. The normalized spacial score (nSPS) is 25.4. The van der Waals surface area contributed by atoms with Crippen LogP contribution in [0.25, 0.3) is 0 Å². The monoisotopic (exact) mass is 425 g/mol. The highest BCUT2D eigenvalue weighted by atomic mass is 127. The van der Waals surface area contributed by atoms with Gasteiger partial charge in [-0.15, -0.1) is 24.0 Å². The van der Waals surface area contributed by atoms with E-state index in [0.717, 1.165) is 19.5 Å². The summed E-state index contributed by atoms with van der Waals surface area (Å²) in [6, 6.07) is 4.80. The summed E-state index contributed by atoms with van der Waals surface area (Å²) in [6.45, 7) is 2.85. The molecule has 0 aromatic heterocycles. The number of nitrogens with zero attached hydrogens (tertiary/aromatic N) is 2. The van der Waals surface area contributed by atoms with Crippen molar-refractivity contribution in [2.75, 3.05) is 26.3 Å². The maximum Gasteiger partial charge on any atom is 0.191 e. The molecule has 1 heterocycles. The van der Waals surface area contributed by atoms with Gasteiger partial charge in [0.25, 0.3) is 0 Å². The molecule has 1 aromatic rings. The second-order valence-corrected chi connectivity index (χ2v) is 5.54. The topological polar surface area (TPSA) is 50.8 Å².